The first-order valence-corrected chi connectivity index (χ1v) is 11.2. The van der Waals surface area contributed by atoms with Gasteiger partial charge in [-0.2, -0.15) is 0 Å². The first-order chi connectivity index (χ1) is 16.1. The molecule has 8 nitrogen and oxygen atoms in total. The van der Waals surface area contributed by atoms with E-state index in [-0.39, 0.29) is 11.6 Å². The molecule has 0 aliphatic heterocycles. The average molecular weight is 438 g/mol. The standard InChI is InChI=1S/C25H23N7O/c1-16(2)32-15-27-29-24(32)21-4-3-5-23(28-21)31-11-10-17-8-9-19(12-20(17)25(31)33)30-13-22(26-14-30)18-6-7-18/h3-5,8-16,18H,6-7H2,1-2H3. The smallest absolute Gasteiger partial charge is 0.264 e. The number of aromatic nitrogens is 7. The fourth-order valence-electron chi connectivity index (χ4n) is 4.12. The molecule has 5 aromatic rings. The Morgan fingerprint density at radius 3 is 2.76 bits per heavy atom. The maximum atomic E-state index is 13.5. The lowest BCUT2D eigenvalue weighted by molar-refractivity contribution is 0.603. The van der Waals surface area contributed by atoms with Gasteiger partial charge in [0.2, 0.25) is 0 Å². The second-order valence-electron chi connectivity index (χ2n) is 8.78. The van der Waals surface area contributed by atoms with Gasteiger partial charge in [-0.1, -0.05) is 12.1 Å². The van der Waals surface area contributed by atoms with Crippen LogP contribution in [0.3, 0.4) is 0 Å². The summed E-state index contributed by atoms with van der Waals surface area (Å²) in [7, 11) is 0. The van der Waals surface area contributed by atoms with E-state index >= 15 is 0 Å². The molecule has 0 unspecified atom stereocenters. The van der Waals surface area contributed by atoms with Crippen LogP contribution in [0, 0.1) is 0 Å². The number of fused-ring (bicyclic) bond motifs is 1. The number of nitrogens with zero attached hydrogens (tertiary/aromatic N) is 7. The number of hydrogen-bond acceptors (Lipinski definition) is 5. The fraction of sp³-hybridized carbons (Fsp3) is 0.240. The molecule has 0 amide bonds. The minimum Gasteiger partial charge on any atom is -0.310 e. The number of pyridine rings is 2. The van der Waals surface area contributed by atoms with Gasteiger partial charge >= 0.3 is 0 Å². The first kappa shape index (κ1) is 19.6. The molecule has 4 heterocycles. The third kappa shape index (κ3) is 3.44. The molecule has 1 saturated carbocycles. The van der Waals surface area contributed by atoms with Gasteiger partial charge in [-0.15, -0.1) is 10.2 Å². The molecule has 33 heavy (non-hydrogen) atoms. The second kappa shape index (κ2) is 7.51. The molecule has 1 aromatic carbocycles. The van der Waals surface area contributed by atoms with E-state index in [1.54, 1.807) is 17.1 Å². The highest BCUT2D eigenvalue weighted by atomic mass is 16.1. The lowest BCUT2D eigenvalue weighted by Gasteiger charge is -2.11. The zero-order valence-electron chi connectivity index (χ0n) is 18.5. The van der Waals surface area contributed by atoms with Crippen LogP contribution < -0.4 is 5.56 Å². The van der Waals surface area contributed by atoms with Gasteiger partial charge in [-0.05, 0) is 62.4 Å². The van der Waals surface area contributed by atoms with Crippen molar-refractivity contribution in [2.45, 2.75) is 38.6 Å². The Labute approximate surface area is 190 Å². The molecule has 1 aliphatic carbocycles. The molecule has 164 valence electrons. The Hall–Kier alpha value is -4.07. The summed E-state index contributed by atoms with van der Waals surface area (Å²) in [6.45, 7) is 4.13. The van der Waals surface area contributed by atoms with E-state index in [4.69, 9.17) is 4.98 Å². The molecule has 0 N–H and O–H groups in total. The predicted molar refractivity (Wildman–Crippen MR) is 126 cm³/mol. The van der Waals surface area contributed by atoms with Crippen molar-refractivity contribution in [3.8, 4) is 23.0 Å². The van der Waals surface area contributed by atoms with Crippen molar-refractivity contribution in [2.24, 2.45) is 0 Å². The summed E-state index contributed by atoms with van der Waals surface area (Å²) >= 11 is 0. The largest absolute Gasteiger partial charge is 0.310 e. The topological polar surface area (TPSA) is 83.4 Å². The van der Waals surface area contributed by atoms with E-state index in [0.29, 0.717) is 28.6 Å². The summed E-state index contributed by atoms with van der Waals surface area (Å²) in [4.78, 5) is 22.7. The third-order valence-corrected chi connectivity index (χ3v) is 6.13. The van der Waals surface area contributed by atoms with Gasteiger partial charge in [-0.25, -0.2) is 9.97 Å². The Bertz CT molecular complexity index is 1540. The molecule has 0 saturated heterocycles. The normalized spacial score (nSPS) is 13.8. The average Bonchev–Trinajstić information content (AvgIpc) is 3.34. The van der Waals surface area contributed by atoms with Crippen LogP contribution in [0.1, 0.15) is 44.3 Å². The fourth-order valence-corrected chi connectivity index (χ4v) is 4.12. The van der Waals surface area contributed by atoms with Gasteiger partial charge in [0.05, 0.1) is 12.0 Å². The Morgan fingerprint density at radius 2 is 1.94 bits per heavy atom. The molecule has 0 spiro atoms. The summed E-state index contributed by atoms with van der Waals surface area (Å²) in [5, 5.41) is 9.79. The molecule has 8 heteroatoms. The van der Waals surface area contributed by atoms with E-state index in [9.17, 15) is 4.79 Å². The highest BCUT2D eigenvalue weighted by molar-refractivity contribution is 5.83. The minimum atomic E-state index is -0.119. The number of imidazole rings is 1. The van der Waals surface area contributed by atoms with Gasteiger partial charge in [0, 0.05) is 35.4 Å². The first-order valence-electron chi connectivity index (χ1n) is 11.2. The van der Waals surface area contributed by atoms with Gasteiger partial charge in [0.25, 0.3) is 5.56 Å². The second-order valence-corrected chi connectivity index (χ2v) is 8.78. The molecule has 0 bridgehead atoms. The SMILES string of the molecule is CC(C)n1cnnc1-c1cccc(-n2ccc3ccc(-n4cnc(C5CC5)c4)cc3c2=O)n1. The number of hydrogen-bond donors (Lipinski definition) is 0. The summed E-state index contributed by atoms with van der Waals surface area (Å²) in [6, 6.07) is 13.6. The summed E-state index contributed by atoms with van der Waals surface area (Å²) < 4.78 is 5.53. The van der Waals surface area contributed by atoms with Crippen molar-refractivity contribution >= 4 is 10.8 Å². The highest BCUT2D eigenvalue weighted by Crippen LogP contribution is 2.39. The molecule has 6 rings (SSSR count). The molecule has 0 atom stereocenters. The van der Waals surface area contributed by atoms with Crippen LogP contribution in [0.5, 0.6) is 0 Å². The quantitative estimate of drug-likeness (QED) is 0.410. The van der Waals surface area contributed by atoms with Crippen LogP contribution in [0.15, 0.2) is 72.3 Å². The van der Waals surface area contributed by atoms with E-state index in [1.165, 1.54) is 12.8 Å². The van der Waals surface area contributed by atoms with Crippen molar-refractivity contribution in [1.29, 1.82) is 0 Å². The van der Waals surface area contributed by atoms with E-state index in [2.05, 4.69) is 35.2 Å². The highest BCUT2D eigenvalue weighted by Gasteiger charge is 2.25. The van der Waals surface area contributed by atoms with Crippen LogP contribution in [-0.2, 0) is 0 Å². The van der Waals surface area contributed by atoms with Crippen molar-refractivity contribution in [1.82, 2.24) is 33.9 Å². The van der Waals surface area contributed by atoms with Gasteiger partial charge in [-0.3, -0.25) is 9.36 Å². The van der Waals surface area contributed by atoms with Gasteiger partial charge in [0.1, 0.15) is 17.8 Å². The zero-order valence-corrected chi connectivity index (χ0v) is 18.5. The monoisotopic (exact) mass is 437 g/mol. The van der Waals surface area contributed by atoms with Crippen LogP contribution in [0.2, 0.25) is 0 Å². The van der Waals surface area contributed by atoms with Crippen LogP contribution >= 0.6 is 0 Å². The number of benzene rings is 1. The van der Waals surface area contributed by atoms with Crippen LogP contribution in [0.25, 0.3) is 33.8 Å². The van der Waals surface area contributed by atoms with Gasteiger partial charge in [0.15, 0.2) is 5.82 Å². The zero-order chi connectivity index (χ0) is 22.5. The number of rotatable bonds is 5. The molecule has 4 aromatic heterocycles. The van der Waals surface area contributed by atoms with Crippen molar-refractivity contribution in [3.63, 3.8) is 0 Å². The van der Waals surface area contributed by atoms with Gasteiger partial charge < -0.3 is 9.13 Å². The van der Waals surface area contributed by atoms with Crippen LogP contribution in [-0.4, -0.2) is 33.9 Å². The molecular weight excluding hydrogens is 414 g/mol. The van der Waals surface area contributed by atoms with E-state index in [0.717, 1.165) is 16.8 Å². The molecule has 1 fully saturated rings. The van der Waals surface area contributed by atoms with Crippen molar-refractivity contribution < 1.29 is 0 Å². The molecule has 0 radical (unpaired) electrons. The third-order valence-electron chi connectivity index (χ3n) is 6.13. The minimum absolute atomic E-state index is 0.119. The molecule has 1 aliphatic rings. The lowest BCUT2D eigenvalue weighted by Crippen LogP contribution is -2.19. The lowest BCUT2D eigenvalue weighted by atomic mass is 10.1. The van der Waals surface area contributed by atoms with E-state index < -0.39 is 0 Å². The summed E-state index contributed by atoms with van der Waals surface area (Å²) in [5.74, 6) is 1.81. The van der Waals surface area contributed by atoms with Crippen LogP contribution in [0.4, 0.5) is 0 Å². The Morgan fingerprint density at radius 1 is 1.06 bits per heavy atom. The maximum absolute atomic E-state index is 13.5. The Kier molecular flexibility index (Phi) is 4.46. The maximum Gasteiger partial charge on any atom is 0.264 e. The molecular formula is C25H23N7O. The summed E-state index contributed by atoms with van der Waals surface area (Å²) in [5.41, 5.74) is 2.59. The van der Waals surface area contributed by atoms with E-state index in [1.807, 2.05) is 57.9 Å². The summed E-state index contributed by atoms with van der Waals surface area (Å²) in [6.07, 6.45) is 9.77. The van der Waals surface area contributed by atoms with Crippen molar-refractivity contribution in [2.75, 3.05) is 0 Å². The van der Waals surface area contributed by atoms with Crippen molar-refractivity contribution in [3.05, 3.63) is 83.6 Å². The Balaban J connectivity index is 1.43. The predicted octanol–water partition coefficient (Wildman–Crippen LogP) is 4.29.